The molecule has 0 aliphatic heterocycles. The Balaban J connectivity index is -0.000000425. The van der Waals surface area contributed by atoms with Crippen LogP contribution in [0.15, 0.2) is 67.8 Å². The average Bonchev–Trinajstić information content (AvgIpc) is 2.54. The zero-order valence-corrected chi connectivity index (χ0v) is 14.7. The first-order chi connectivity index (χ1) is 9.59. The predicted molar refractivity (Wildman–Crippen MR) is 97.4 cm³/mol. The second-order valence-electron chi connectivity index (χ2n) is 4.02. The van der Waals surface area contributed by atoms with Gasteiger partial charge in [0.25, 0.3) is 0 Å². The molecule has 0 heteroatoms. The van der Waals surface area contributed by atoms with Crippen LogP contribution in [0.3, 0.4) is 0 Å². The zero-order chi connectivity index (χ0) is 16.6. The third-order valence-electron chi connectivity index (χ3n) is 2.67. The van der Waals surface area contributed by atoms with E-state index in [1.165, 1.54) is 5.56 Å². The third-order valence-corrected chi connectivity index (χ3v) is 2.67. The summed E-state index contributed by atoms with van der Waals surface area (Å²) in [6, 6.07) is 10.5. The van der Waals surface area contributed by atoms with E-state index in [-0.39, 0.29) is 5.41 Å². The highest BCUT2D eigenvalue weighted by Gasteiger charge is 2.21. The van der Waals surface area contributed by atoms with Crippen LogP contribution in [0.25, 0.3) is 0 Å². The Labute approximate surface area is 127 Å². The fraction of sp³-hybridized carbons (Fsp3) is 0.400. The summed E-state index contributed by atoms with van der Waals surface area (Å²) in [6.07, 6.45) is 4.11. The lowest BCUT2D eigenvalue weighted by molar-refractivity contribution is 0.641. The maximum atomic E-state index is 4.11. The largest absolute Gasteiger partial charge is 0.106 e. The van der Waals surface area contributed by atoms with Crippen molar-refractivity contribution < 1.29 is 0 Å². The molecular weight excluding hydrogens is 240 g/mol. The molecule has 0 saturated heterocycles. The number of hydrogen-bond acceptors (Lipinski definition) is 0. The van der Waals surface area contributed by atoms with Gasteiger partial charge in [-0.25, -0.2) is 0 Å². The van der Waals surface area contributed by atoms with E-state index in [9.17, 15) is 0 Å². The van der Waals surface area contributed by atoms with Crippen LogP contribution in [0, 0.1) is 0 Å². The first-order valence-electron chi connectivity index (χ1n) is 7.46. The van der Waals surface area contributed by atoms with Crippen molar-refractivity contribution in [1.29, 1.82) is 0 Å². The van der Waals surface area contributed by atoms with Crippen molar-refractivity contribution in [2.24, 2.45) is 0 Å². The second kappa shape index (κ2) is 15.5. The summed E-state index contributed by atoms with van der Waals surface area (Å²) in [5.41, 5.74) is 2.47. The minimum atomic E-state index is 0.0216. The van der Waals surface area contributed by atoms with Gasteiger partial charge in [-0.15, -0.1) is 13.2 Å². The molecule has 20 heavy (non-hydrogen) atoms. The van der Waals surface area contributed by atoms with Crippen LogP contribution in [0.2, 0.25) is 0 Å². The van der Waals surface area contributed by atoms with Gasteiger partial charge in [0, 0.05) is 5.41 Å². The van der Waals surface area contributed by atoms with Crippen LogP contribution in [-0.4, -0.2) is 0 Å². The molecule has 114 valence electrons. The maximum absolute atomic E-state index is 4.11. The highest BCUT2D eigenvalue weighted by Crippen LogP contribution is 2.30. The molecule has 0 unspecified atom stereocenters. The summed E-state index contributed by atoms with van der Waals surface area (Å²) >= 11 is 0. The first-order valence-corrected chi connectivity index (χ1v) is 7.46. The summed E-state index contributed by atoms with van der Waals surface area (Å²) in [4.78, 5) is 0. The molecule has 0 aromatic heterocycles. The smallest absolute Gasteiger partial charge is 0.0140 e. The molecule has 0 N–H and O–H groups in total. The van der Waals surface area contributed by atoms with Crippen molar-refractivity contribution in [2.75, 3.05) is 0 Å². The lowest BCUT2D eigenvalue weighted by Crippen LogP contribution is -2.18. The van der Waals surface area contributed by atoms with Gasteiger partial charge in [-0.05, 0) is 18.1 Å². The third kappa shape index (κ3) is 8.53. The topological polar surface area (TPSA) is 0 Å². The molecule has 0 saturated carbocycles. The molecular formula is C20H34. The Bertz CT molecular complexity index is 342. The minimum absolute atomic E-state index is 0.0216. The molecule has 0 fully saturated rings. The fourth-order valence-electron chi connectivity index (χ4n) is 1.45. The maximum Gasteiger partial charge on any atom is 0.0140 e. The zero-order valence-electron chi connectivity index (χ0n) is 14.7. The minimum Gasteiger partial charge on any atom is -0.106 e. The summed E-state index contributed by atoms with van der Waals surface area (Å²) in [5, 5.41) is 0. The Morgan fingerprint density at radius 1 is 0.950 bits per heavy atom. The van der Waals surface area contributed by atoms with Gasteiger partial charge in [0.2, 0.25) is 0 Å². The van der Waals surface area contributed by atoms with E-state index in [0.717, 1.165) is 5.57 Å². The molecule has 1 aromatic rings. The highest BCUT2D eigenvalue weighted by molar-refractivity contribution is 5.37. The number of allylic oxidation sites excluding steroid dienone is 3. The molecule has 0 aliphatic rings. The van der Waals surface area contributed by atoms with Gasteiger partial charge in [0.15, 0.2) is 0 Å². The van der Waals surface area contributed by atoms with Crippen molar-refractivity contribution in [2.45, 2.75) is 53.9 Å². The SMILES string of the molecule is C=C.C=C(/C=C\C)C(C)(C)c1ccccc1.CC.CC. The molecule has 0 spiro atoms. The van der Waals surface area contributed by atoms with Crippen LogP contribution in [0.4, 0.5) is 0 Å². The van der Waals surface area contributed by atoms with Crippen LogP contribution in [0.5, 0.6) is 0 Å². The van der Waals surface area contributed by atoms with E-state index in [2.05, 4.69) is 63.9 Å². The number of hydrogen-bond donors (Lipinski definition) is 0. The molecule has 1 rings (SSSR count). The van der Waals surface area contributed by atoms with Crippen LogP contribution in [-0.2, 0) is 5.41 Å². The van der Waals surface area contributed by atoms with Crippen molar-refractivity contribution in [3.8, 4) is 0 Å². The molecule has 0 aliphatic carbocycles. The lowest BCUT2D eigenvalue weighted by atomic mass is 9.78. The highest BCUT2D eigenvalue weighted by atomic mass is 14.2. The van der Waals surface area contributed by atoms with E-state index in [0.29, 0.717) is 0 Å². The lowest BCUT2D eigenvalue weighted by Gasteiger charge is -2.26. The van der Waals surface area contributed by atoms with Crippen molar-refractivity contribution in [3.05, 3.63) is 73.4 Å². The van der Waals surface area contributed by atoms with Crippen molar-refractivity contribution in [1.82, 2.24) is 0 Å². The Morgan fingerprint density at radius 3 is 1.70 bits per heavy atom. The molecule has 0 radical (unpaired) electrons. The van der Waals surface area contributed by atoms with Crippen LogP contribution >= 0.6 is 0 Å². The standard InChI is InChI=1S/C14H18.2C2H6.C2H4/c1-5-9-12(2)14(3,4)13-10-7-6-8-11-13;3*1-2/h5-11H,2H2,1,3-4H3;2*1-2H3;1-2H2/b9-5-;;;. The summed E-state index contributed by atoms with van der Waals surface area (Å²) in [5.74, 6) is 0. The number of benzene rings is 1. The molecule has 0 bridgehead atoms. The van der Waals surface area contributed by atoms with Crippen molar-refractivity contribution >= 4 is 0 Å². The monoisotopic (exact) mass is 274 g/mol. The molecule has 0 heterocycles. The van der Waals surface area contributed by atoms with Gasteiger partial charge in [-0.3, -0.25) is 0 Å². The Morgan fingerprint density at radius 2 is 1.35 bits per heavy atom. The van der Waals surface area contributed by atoms with E-state index in [1.54, 1.807) is 0 Å². The summed E-state index contributed by atoms with van der Waals surface area (Å²) < 4.78 is 0. The van der Waals surface area contributed by atoms with Gasteiger partial charge in [-0.1, -0.05) is 90.6 Å². The number of rotatable bonds is 3. The second-order valence-corrected chi connectivity index (χ2v) is 4.02. The normalized spacial score (nSPS) is 9.15. The molecule has 1 aromatic carbocycles. The van der Waals surface area contributed by atoms with E-state index < -0.39 is 0 Å². The fourth-order valence-corrected chi connectivity index (χ4v) is 1.45. The molecule has 0 nitrogen and oxygen atoms in total. The molecule has 0 amide bonds. The quantitative estimate of drug-likeness (QED) is 0.413. The van der Waals surface area contributed by atoms with Gasteiger partial charge in [0.05, 0.1) is 0 Å². The Kier molecular flexibility index (Phi) is 18.2. The van der Waals surface area contributed by atoms with Gasteiger partial charge < -0.3 is 0 Å². The van der Waals surface area contributed by atoms with Crippen LogP contribution < -0.4 is 0 Å². The van der Waals surface area contributed by atoms with E-state index in [4.69, 9.17) is 0 Å². The van der Waals surface area contributed by atoms with Gasteiger partial charge >= 0.3 is 0 Å². The van der Waals surface area contributed by atoms with E-state index >= 15 is 0 Å². The van der Waals surface area contributed by atoms with Crippen LogP contribution in [0.1, 0.15) is 54.0 Å². The first kappa shape index (κ1) is 23.5. The average molecular weight is 274 g/mol. The molecule has 0 atom stereocenters. The Hall–Kier alpha value is -1.56. The van der Waals surface area contributed by atoms with Crippen molar-refractivity contribution in [3.63, 3.8) is 0 Å². The van der Waals surface area contributed by atoms with Gasteiger partial charge in [0.1, 0.15) is 0 Å². The summed E-state index contributed by atoms with van der Waals surface area (Å²) in [7, 11) is 0. The predicted octanol–water partition coefficient (Wildman–Crippen LogP) is 6.95. The summed E-state index contributed by atoms with van der Waals surface area (Å²) in [6.45, 7) is 24.5. The van der Waals surface area contributed by atoms with E-state index in [1.807, 2.05) is 46.8 Å². The van der Waals surface area contributed by atoms with Gasteiger partial charge in [-0.2, -0.15) is 0 Å².